The monoisotopic (exact) mass is 214 g/mol. The summed E-state index contributed by atoms with van der Waals surface area (Å²) in [6.07, 6.45) is 3.01. The number of nitrogens with one attached hydrogen (secondary N) is 2. The molecule has 1 aromatic heterocycles. The van der Waals surface area contributed by atoms with Crippen molar-refractivity contribution in [1.82, 2.24) is 20.5 Å². The Bertz CT molecular complexity index is 299. The molecule has 0 aliphatic carbocycles. The standard InChI is InChI=1S/C8H14N4OS/c1-6-10-7(12-11-6)8(13)9-4-3-5-14-2/h3-5H2,1-2H3,(H,9,13)(H,10,11,12). The fourth-order valence-corrected chi connectivity index (χ4v) is 1.37. The van der Waals surface area contributed by atoms with Gasteiger partial charge in [-0.25, -0.2) is 4.98 Å². The molecule has 6 heteroatoms. The number of aromatic amines is 1. The van der Waals surface area contributed by atoms with E-state index < -0.39 is 0 Å². The molecule has 0 aromatic carbocycles. The van der Waals surface area contributed by atoms with Crippen LogP contribution in [0.25, 0.3) is 0 Å². The minimum absolute atomic E-state index is 0.213. The molecule has 14 heavy (non-hydrogen) atoms. The number of thioether (sulfide) groups is 1. The average Bonchev–Trinajstić information content (AvgIpc) is 2.59. The summed E-state index contributed by atoms with van der Waals surface area (Å²) in [5.74, 6) is 1.70. The van der Waals surface area contributed by atoms with E-state index in [9.17, 15) is 4.79 Å². The highest BCUT2D eigenvalue weighted by Gasteiger charge is 2.09. The molecule has 0 bridgehead atoms. The fourth-order valence-electron chi connectivity index (χ4n) is 0.942. The van der Waals surface area contributed by atoms with Crippen LogP contribution in [0.1, 0.15) is 22.9 Å². The third-order valence-electron chi connectivity index (χ3n) is 1.61. The molecule has 0 aliphatic heterocycles. The molecule has 1 aromatic rings. The van der Waals surface area contributed by atoms with Crippen LogP contribution in [0.2, 0.25) is 0 Å². The van der Waals surface area contributed by atoms with E-state index in [1.165, 1.54) is 0 Å². The van der Waals surface area contributed by atoms with Gasteiger partial charge in [0.05, 0.1) is 0 Å². The van der Waals surface area contributed by atoms with Gasteiger partial charge in [0.25, 0.3) is 5.91 Å². The molecule has 5 nitrogen and oxygen atoms in total. The Morgan fingerprint density at radius 3 is 3.00 bits per heavy atom. The average molecular weight is 214 g/mol. The first-order valence-electron chi connectivity index (χ1n) is 4.40. The number of aromatic nitrogens is 3. The van der Waals surface area contributed by atoms with Crippen LogP contribution in [0.4, 0.5) is 0 Å². The third kappa shape index (κ3) is 3.37. The lowest BCUT2D eigenvalue weighted by Gasteiger charge is -2.00. The van der Waals surface area contributed by atoms with Gasteiger partial charge in [-0.3, -0.25) is 9.89 Å². The van der Waals surface area contributed by atoms with Crippen LogP contribution < -0.4 is 5.32 Å². The first-order chi connectivity index (χ1) is 6.74. The van der Waals surface area contributed by atoms with E-state index >= 15 is 0 Å². The molecule has 2 N–H and O–H groups in total. The number of amides is 1. The number of nitrogens with zero attached hydrogens (tertiary/aromatic N) is 2. The van der Waals surface area contributed by atoms with Crippen molar-refractivity contribution in [2.45, 2.75) is 13.3 Å². The van der Waals surface area contributed by atoms with Crippen molar-refractivity contribution in [3.05, 3.63) is 11.6 Å². The molecule has 1 heterocycles. The van der Waals surface area contributed by atoms with Gasteiger partial charge >= 0.3 is 0 Å². The molecule has 0 radical (unpaired) electrons. The van der Waals surface area contributed by atoms with E-state index in [4.69, 9.17) is 0 Å². The maximum absolute atomic E-state index is 11.4. The Labute approximate surface area is 87.1 Å². The normalized spacial score (nSPS) is 10.1. The number of carbonyl (C=O) groups excluding carboxylic acids is 1. The molecular formula is C8H14N4OS. The van der Waals surface area contributed by atoms with Crippen LogP contribution in [-0.4, -0.2) is 39.6 Å². The highest BCUT2D eigenvalue weighted by atomic mass is 32.2. The van der Waals surface area contributed by atoms with Crippen LogP contribution in [-0.2, 0) is 0 Å². The zero-order chi connectivity index (χ0) is 10.4. The van der Waals surface area contributed by atoms with E-state index in [1.807, 2.05) is 6.26 Å². The zero-order valence-electron chi connectivity index (χ0n) is 8.33. The molecule has 0 aliphatic rings. The fraction of sp³-hybridized carbons (Fsp3) is 0.625. The molecule has 0 unspecified atom stereocenters. The van der Waals surface area contributed by atoms with Crippen LogP contribution in [0.5, 0.6) is 0 Å². The topological polar surface area (TPSA) is 70.7 Å². The molecule has 1 rings (SSSR count). The van der Waals surface area contributed by atoms with Gasteiger partial charge in [0.15, 0.2) is 0 Å². The Morgan fingerprint density at radius 1 is 1.64 bits per heavy atom. The van der Waals surface area contributed by atoms with E-state index in [0.717, 1.165) is 12.2 Å². The van der Waals surface area contributed by atoms with Crippen molar-refractivity contribution >= 4 is 17.7 Å². The Morgan fingerprint density at radius 2 is 2.43 bits per heavy atom. The van der Waals surface area contributed by atoms with E-state index in [-0.39, 0.29) is 11.7 Å². The van der Waals surface area contributed by atoms with E-state index in [2.05, 4.69) is 20.5 Å². The maximum atomic E-state index is 11.4. The molecule has 0 saturated heterocycles. The van der Waals surface area contributed by atoms with Gasteiger partial charge in [-0.15, -0.1) is 5.10 Å². The lowest BCUT2D eigenvalue weighted by Crippen LogP contribution is -2.25. The summed E-state index contributed by atoms with van der Waals surface area (Å²) in [6, 6.07) is 0. The van der Waals surface area contributed by atoms with Gasteiger partial charge < -0.3 is 5.32 Å². The summed E-state index contributed by atoms with van der Waals surface area (Å²) in [5, 5.41) is 9.14. The molecule has 0 atom stereocenters. The molecule has 1 amide bonds. The van der Waals surface area contributed by atoms with Crippen molar-refractivity contribution in [3.8, 4) is 0 Å². The second-order valence-corrected chi connectivity index (χ2v) is 3.83. The molecule has 78 valence electrons. The lowest BCUT2D eigenvalue weighted by molar-refractivity contribution is 0.0944. The van der Waals surface area contributed by atoms with Crippen LogP contribution >= 0.6 is 11.8 Å². The second-order valence-electron chi connectivity index (χ2n) is 2.85. The lowest BCUT2D eigenvalue weighted by atomic mass is 10.4. The highest BCUT2D eigenvalue weighted by molar-refractivity contribution is 7.98. The quantitative estimate of drug-likeness (QED) is 0.704. The smallest absolute Gasteiger partial charge is 0.290 e. The summed E-state index contributed by atoms with van der Waals surface area (Å²) < 4.78 is 0. The predicted octanol–water partition coefficient (Wildman–Crippen LogP) is 0.596. The van der Waals surface area contributed by atoms with Crippen LogP contribution in [0.15, 0.2) is 0 Å². The van der Waals surface area contributed by atoms with Crippen LogP contribution in [0, 0.1) is 6.92 Å². The number of hydrogen-bond acceptors (Lipinski definition) is 4. The first kappa shape index (κ1) is 11.0. The molecule has 0 saturated carbocycles. The van der Waals surface area contributed by atoms with Crippen molar-refractivity contribution in [3.63, 3.8) is 0 Å². The van der Waals surface area contributed by atoms with Gasteiger partial charge in [-0.05, 0) is 25.4 Å². The Balaban J connectivity index is 2.29. The third-order valence-corrected chi connectivity index (χ3v) is 2.31. The molecular weight excluding hydrogens is 200 g/mol. The van der Waals surface area contributed by atoms with Crippen LogP contribution in [0.3, 0.4) is 0 Å². The van der Waals surface area contributed by atoms with E-state index in [0.29, 0.717) is 12.4 Å². The number of aryl methyl sites for hydroxylation is 1. The number of H-pyrrole nitrogens is 1. The predicted molar refractivity (Wildman–Crippen MR) is 56.5 cm³/mol. The van der Waals surface area contributed by atoms with Gasteiger partial charge in [-0.1, -0.05) is 0 Å². The summed E-state index contributed by atoms with van der Waals surface area (Å²) in [6.45, 7) is 2.44. The maximum Gasteiger partial charge on any atom is 0.290 e. The van der Waals surface area contributed by atoms with Gasteiger partial charge in [-0.2, -0.15) is 11.8 Å². The van der Waals surface area contributed by atoms with Gasteiger partial charge in [0, 0.05) is 6.54 Å². The summed E-state index contributed by atoms with van der Waals surface area (Å²) in [5.41, 5.74) is 0. The first-order valence-corrected chi connectivity index (χ1v) is 5.79. The number of hydrogen-bond donors (Lipinski definition) is 2. The molecule has 0 spiro atoms. The summed E-state index contributed by atoms with van der Waals surface area (Å²) in [4.78, 5) is 15.3. The van der Waals surface area contributed by atoms with Gasteiger partial charge in [0.1, 0.15) is 5.82 Å². The number of carbonyl (C=O) groups is 1. The number of rotatable bonds is 5. The summed E-state index contributed by atoms with van der Waals surface area (Å²) >= 11 is 1.76. The highest BCUT2D eigenvalue weighted by Crippen LogP contribution is 1.94. The Kier molecular flexibility index (Phi) is 4.45. The second kappa shape index (κ2) is 5.64. The van der Waals surface area contributed by atoms with Crippen molar-refractivity contribution in [1.29, 1.82) is 0 Å². The van der Waals surface area contributed by atoms with Crippen molar-refractivity contribution in [2.75, 3.05) is 18.6 Å². The van der Waals surface area contributed by atoms with E-state index in [1.54, 1.807) is 18.7 Å². The van der Waals surface area contributed by atoms with Gasteiger partial charge in [0.2, 0.25) is 5.82 Å². The Hall–Kier alpha value is -1.04. The van der Waals surface area contributed by atoms with Crippen molar-refractivity contribution < 1.29 is 4.79 Å². The minimum Gasteiger partial charge on any atom is -0.349 e. The SMILES string of the molecule is CSCCCNC(=O)c1n[nH]c(C)n1. The summed E-state index contributed by atoms with van der Waals surface area (Å²) in [7, 11) is 0. The van der Waals surface area contributed by atoms with Crippen molar-refractivity contribution in [2.24, 2.45) is 0 Å². The largest absolute Gasteiger partial charge is 0.349 e. The minimum atomic E-state index is -0.213. The zero-order valence-corrected chi connectivity index (χ0v) is 9.15. The molecule has 0 fully saturated rings.